The van der Waals surface area contributed by atoms with Crippen molar-refractivity contribution in [3.05, 3.63) is 35.4 Å². The summed E-state index contributed by atoms with van der Waals surface area (Å²) >= 11 is 0. The number of benzene rings is 1. The largest absolute Gasteiger partial charge is 0.377 e. The Morgan fingerprint density at radius 2 is 1.90 bits per heavy atom. The van der Waals surface area contributed by atoms with Gasteiger partial charge < -0.3 is 4.74 Å². The van der Waals surface area contributed by atoms with Crippen LogP contribution in [-0.2, 0) is 21.4 Å². The standard InChI is InChI=1S/C18H26O2/c1-5-17-15(10-11-20-17)16(19)12-13-6-8-14(9-7-13)18(2,3)4/h6-9,15,17H,5,10-12H2,1-4H3. The molecule has 2 atom stereocenters. The Kier molecular flexibility index (Phi) is 4.64. The van der Waals surface area contributed by atoms with Crippen molar-refractivity contribution >= 4 is 5.78 Å². The number of carbonyl (C=O) groups excluding carboxylic acids is 1. The molecule has 0 amide bonds. The molecule has 1 heterocycles. The number of rotatable bonds is 4. The molecule has 2 nitrogen and oxygen atoms in total. The molecular weight excluding hydrogens is 248 g/mol. The lowest BCUT2D eigenvalue weighted by Gasteiger charge is -2.19. The highest BCUT2D eigenvalue weighted by Gasteiger charge is 2.32. The summed E-state index contributed by atoms with van der Waals surface area (Å²) in [5.41, 5.74) is 2.59. The molecule has 2 rings (SSSR count). The van der Waals surface area contributed by atoms with Crippen LogP contribution in [0.2, 0.25) is 0 Å². The van der Waals surface area contributed by atoms with Crippen LogP contribution in [0.4, 0.5) is 0 Å². The maximum absolute atomic E-state index is 12.4. The minimum absolute atomic E-state index is 0.0993. The minimum Gasteiger partial charge on any atom is -0.377 e. The number of hydrogen-bond donors (Lipinski definition) is 0. The Labute approximate surface area is 122 Å². The van der Waals surface area contributed by atoms with Crippen LogP contribution >= 0.6 is 0 Å². The Bertz CT molecular complexity index is 453. The van der Waals surface area contributed by atoms with Crippen LogP contribution in [0, 0.1) is 5.92 Å². The molecule has 0 aromatic heterocycles. The number of carbonyl (C=O) groups is 1. The fourth-order valence-electron chi connectivity index (χ4n) is 2.87. The number of ether oxygens (including phenoxy) is 1. The van der Waals surface area contributed by atoms with Crippen molar-refractivity contribution in [1.82, 2.24) is 0 Å². The van der Waals surface area contributed by atoms with Crippen molar-refractivity contribution in [2.24, 2.45) is 5.92 Å². The molecule has 1 aliphatic rings. The maximum atomic E-state index is 12.4. The highest BCUT2D eigenvalue weighted by molar-refractivity contribution is 5.84. The molecule has 0 spiro atoms. The van der Waals surface area contributed by atoms with Crippen molar-refractivity contribution < 1.29 is 9.53 Å². The third kappa shape index (κ3) is 3.49. The molecule has 1 aromatic carbocycles. The van der Waals surface area contributed by atoms with Crippen LogP contribution in [0.3, 0.4) is 0 Å². The van der Waals surface area contributed by atoms with E-state index < -0.39 is 0 Å². The second kappa shape index (κ2) is 6.09. The van der Waals surface area contributed by atoms with Crippen LogP contribution in [0.5, 0.6) is 0 Å². The van der Waals surface area contributed by atoms with Gasteiger partial charge in [-0.3, -0.25) is 4.79 Å². The van der Waals surface area contributed by atoms with Crippen molar-refractivity contribution in [2.75, 3.05) is 6.61 Å². The first-order valence-electron chi connectivity index (χ1n) is 7.65. The Balaban J connectivity index is 2.01. The Morgan fingerprint density at radius 3 is 2.45 bits per heavy atom. The Morgan fingerprint density at radius 1 is 1.25 bits per heavy atom. The summed E-state index contributed by atoms with van der Waals surface area (Å²) < 4.78 is 5.62. The fraction of sp³-hybridized carbons (Fsp3) is 0.611. The van der Waals surface area contributed by atoms with Crippen LogP contribution in [0.1, 0.15) is 51.7 Å². The number of ketones is 1. The maximum Gasteiger partial charge on any atom is 0.143 e. The molecule has 1 fully saturated rings. The summed E-state index contributed by atoms with van der Waals surface area (Å²) in [6.45, 7) is 9.44. The van der Waals surface area contributed by atoms with E-state index in [2.05, 4.69) is 52.0 Å². The molecule has 0 saturated carbocycles. The van der Waals surface area contributed by atoms with Gasteiger partial charge in [-0.15, -0.1) is 0 Å². The topological polar surface area (TPSA) is 26.3 Å². The first-order valence-corrected chi connectivity index (χ1v) is 7.65. The molecule has 0 radical (unpaired) electrons. The van der Waals surface area contributed by atoms with Crippen LogP contribution in [0.25, 0.3) is 0 Å². The van der Waals surface area contributed by atoms with E-state index in [0.717, 1.165) is 25.0 Å². The molecule has 0 N–H and O–H groups in total. The van der Waals surface area contributed by atoms with Gasteiger partial charge in [0, 0.05) is 18.9 Å². The summed E-state index contributed by atoms with van der Waals surface area (Å²) in [7, 11) is 0. The van der Waals surface area contributed by atoms with Crippen molar-refractivity contribution in [3.63, 3.8) is 0 Å². The van der Waals surface area contributed by atoms with Gasteiger partial charge in [-0.1, -0.05) is 52.0 Å². The Hall–Kier alpha value is -1.15. The van der Waals surface area contributed by atoms with Gasteiger partial charge in [0.2, 0.25) is 0 Å². The van der Waals surface area contributed by atoms with Crippen molar-refractivity contribution in [1.29, 1.82) is 0 Å². The monoisotopic (exact) mass is 274 g/mol. The summed E-state index contributed by atoms with van der Waals surface area (Å²) in [5.74, 6) is 0.431. The summed E-state index contributed by atoms with van der Waals surface area (Å²) in [6.07, 6.45) is 2.49. The molecule has 2 unspecified atom stereocenters. The lowest BCUT2D eigenvalue weighted by molar-refractivity contribution is -0.123. The molecule has 110 valence electrons. The van der Waals surface area contributed by atoms with Gasteiger partial charge in [0.15, 0.2) is 0 Å². The first kappa shape index (κ1) is 15.2. The zero-order valence-electron chi connectivity index (χ0n) is 13.1. The molecule has 2 heteroatoms. The van der Waals surface area contributed by atoms with Gasteiger partial charge in [0.25, 0.3) is 0 Å². The second-order valence-corrected chi connectivity index (χ2v) is 6.80. The first-order chi connectivity index (χ1) is 9.41. The average Bonchev–Trinajstić information content (AvgIpc) is 2.86. The van der Waals surface area contributed by atoms with E-state index in [-0.39, 0.29) is 17.4 Å². The molecular formula is C18H26O2. The predicted octanol–water partition coefficient (Wildman–Crippen LogP) is 3.91. The zero-order chi connectivity index (χ0) is 14.8. The van der Waals surface area contributed by atoms with Crippen LogP contribution in [0.15, 0.2) is 24.3 Å². The molecule has 1 aromatic rings. The fourth-order valence-corrected chi connectivity index (χ4v) is 2.87. The minimum atomic E-state index is 0.0993. The van der Waals surface area contributed by atoms with E-state index in [1.165, 1.54) is 5.56 Å². The molecule has 1 saturated heterocycles. The molecule has 20 heavy (non-hydrogen) atoms. The summed E-state index contributed by atoms with van der Waals surface area (Å²) in [4.78, 5) is 12.4. The van der Waals surface area contributed by atoms with E-state index in [4.69, 9.17) is 4.74 Å². The van der Waals surface area contributed by atoms with Gasteiger partial charge in [0.05, 0.1) is 6.10 Å². The third-order valence-corrected chi connectivity index (χ3v) is 4.22. The zero-order valence-corrected chi connectivity index (χ0v) is 13.1. The average molecular weight is 274 g/mol. The van der Waals surface area contributed by atoms with E-state index in [1.807, 2.05) is 0 Å². The highest BCUT2D eigenvalue weighted by Crippen LogP contribution is 2.26. The predicted molar refractivity (Wildman–Crippen MR) is 82.0 cm³/mol. The lowest BCUT2D eigenvalue weighted by Crippen LogP contribution is -2.25. The van der Waals surface area contributed by atoms with E-state index in [9.17, 15) is 4.79 Å². The normalized spacial score (nSPS) is 23.0. The van der Waals surface area contributed by atoms with Gasteiger partial charge in [-0.05, 0) is 29.4 Å². The van der Waals surface area contributed by atoms with Crippen LogP contribution < -0.4 is 0 Å². The van der Waals surface area contributed by atoms with E-state index >= 15 is 0 Å². The summed E-state index contributed by atoms with van der Waals surface area (Å²) in [5, 5.41) is 0. The third-order valence-electron chi connectivity index (χ3n) is 4.22. The van der Waals surface area contributed by atoms with Gasteiger partial charge in [-0.2, -0.15) is 0 Å². The van der Waals surface area contributed by atoms with Crippen molar-refractivity contribution in [3.8, 4) is 0 Å². The number of Topliss-reactive ketones (excluding diaryl/α,β-unsaturated/α-hetero) is 1. The second-order valence-electron chi connectivity index (χ2n) is 6.80. The van der Waals surface area contributed by atoms with E-state index in [0.29, 0.717) is 12.2 Å². The van der Waals surface area contributed by atoms with Gasteiger partial charge in [0.1, 0.15) is 5.78 Å². The van der Waals surface area contributed by atoms with Gasteiger partial charge in [-0.25, -0.2) is 0 Å². The molecule has 0 aliphatic carbocycles. The molecule has 0 bridgehead atoms. The highest BCUT2D eigenvalue weighted by atomic mass is 16.5. The van der Waals surface area contributed by atoms with Gasteiger partial charge >= 0.3 is 0 Å². The summed E-state index contributed by atoms with van der Waals surface area (Å²) in [6, 6.07) is 8.47. The quantitative estimate of drug-likeness (QED) is 0.832. The molecule has 1 aliphatic heterocycles. The van der Waals surface area contributed by atoms with E-state index in [1.54, 1.807) is 0 Å². The van der Waals surface area contributed by atoms with Crippen LogP contribution in [-0.4, -0.2) is 18.5 Å². The lowest BCUT2D eigenvalue weighted by atomic mass is 9.85. The van der Waals surface area contributed by atoms with Crippen molar-refractivity contribution in [2.45, 2.75) is 58.5 Å². The SMILES string of the molecule is CCC1OCCC1C(=O)Cc1ccc(C(C)(C)C)cc1. The number of hydrogen-bond acceptors (Lipinski definition) is 2. The smallest absolute Gasteiger partial charge is 0.143 e.